The van der Waals surface area contributed by atoms with E-state index in [1.165, 1.54) is 13.2 Å². The number of nitrogens with one attached hydrogen (secondary N) is 1. The molecule has 0 bridgehead atoms. The third-order valence-electron chi connectivity index (χ3n) is 3.88. The number of aryl methyl sites for hydroxylation is 1. The van der Waals surface area contributed by atoms with Gasteiger partial charge >= 0.3 is 0 Å². The van der Waals surface area contributed by atoms with Crippen molar-refractivity contribution >= 4 is 23.2 Å². The number of nitrogens with zero attached hydrogens (tertiary/aromatic N) is 1. The van der Waals surface area contributed by atoms with E-state index in [4.69, 9.17) is 25.6 Å². The lowest BCUT2D eigenvalue weighted by Crippen LogP contribution is -2.15. The van der Waals surface area contributed by atoms with Crippen LogP contribution in [0.25, 0.3) is 0 Å². The van der Waals surface area contributed by atoms with Crippen LogP contribution in [0.2, 0.25) is 5.02 Å². The predicted molar refractivity (Wildman–Crippen MR) is 97.9 cm³/mol. The van der Waals surface area contributed by atoms with Gasteiger partial charge in [-0.2, -0.15) is 0 Å². The van der Waals surface area contributed by atoms with E-state index in [1.807, 2.05) is 0 Å². The van der Waals surface area contributed by atoms with Gasteiger partial charge in [0.1, 0.15) is 23.9 Å². The van der Waals surface area contributed by atoms with Crippen molar-refractivity contribution < 1.29 is 27.6 Å². The Bertz CT molecular complexity index is 1020. The van der Waals surface area contributed by atoms with E-state index in [0.29, 0.717) is 33.8 Å². The molecule has 0 saturated carbocycles. The van der Waals surface area contributed by atoms with Crippen molar-refractivity contribution in [2.75, 3.05) is 12.4 Å². The molecule has 146 valence electrons. The molecule has 1 aromatic heterocycles. The van der Waals surface area contributed by atoms with Crippen LogP contribution in [-0.2, 0) is 6.61 Å². The van der Waals surface area contributed by atoms with Gasteiger partial charge in [-0.3, -0.25) is 4.79 Å². The van der Waals surface area contributed by atoms with Crippen molar-refractivity contribution in [3.63, 3.8) is 0 Å². The number of hydrogen-bond donors (Lipinski definition) is 1. The second-order valence-corrected chi connectivity index (χ2v) is 6.14. The van der Waals surface area contributed by atoms with Gasteiger partial charge in [0.05, 0.1) is 17.7 Å². The van der Waals surface area contributed by atoms with Crippen molar-refractivity contribution in [3.8, 4) is 11.5 Å². The third-order valence-corrected chi connectivity index (χ3v) is 4.17. The first-order valence-corrected chi connectivity index (χ1v) is 8.44. The van der Waals surface area contributed by atoms with E-state index in [0.717, 1.165) is 12.1 Å². The largest absolute Gasteiger partial charge is 0.495 e. The van der Waals surface area contributed by atoms with Gasteiger partial charge in [-0.25, -0.2) is 8.78 Å². The maximum absolute atomic E-state index is 13.7. The summed E-state index contributed by atoms with van der Waals surface area (Å²) in [5.74, 6) is -1.49. The molecular formula is C19H15ClF2N2O4. The summed E-state index contributed by atoms with van der Waals surface area (Å²) in [5.41, 5.74) is 0.737. The van der Waals surface area contributed by atoms with Crippen LogP contribution >= 0.6 is 11.6 Å². The number of ether oxygens (including phenoxy) is 2. The fraction of sp³-hybridized carbons (Fsp3) is 0.158. The quantitative estimate of drug-likeness (QED) is 0.637. The predicted octanol–water partition coefficient (Wildman–Crippen LogP) is 4.75. The molecule has 1 heterocycles. The highest BCUT2D eigenvalue weighted by Crippen LogP contribution is 2.28. The van der Waals surface area contributed by atoms with E-state index in [2.05, 4.69) is 10.5 Å². The van der Waals surface area contributed by atoms with Gasteiger partial charge in [0.2, 0.25) is 0 Å². The lowest BCUT2D eigenvalue weighted by atomic mass is 10.2. The van der Waals surface area contributed by atoms with Crippen molar-refractivity contribution in [1.29, 1.82) is 0 Å². The number of carbonyl (C=O) groups excluding carboxylic acids is 1. The van der Waals surface area contributed by atoms with Crippen LogP contribution < -0.4 is 14.8 Å². The number of carbonyl (C=O) groups is 1. The van der Waals surface area contributed by atoms with Crippen molar-refractivity contribution in [1.82, 2.24) is 5.16 Å². The van der Waals surface area contributed by atoms with E-state index in [1.54, 1.807) is 19.1 Å². The third kappa shape index (κ3) is 4.23. The number of anilines is 1. The van der Waals surface area contributed by atoms with E-state index < -0.39 is 17.5 Å². The first kappa shape index (κ1) is 19.6. The maximum atomic E-state index is 13.7. The summed E-state index contributed by atoms with van der Waals surface area (Å²) >= 11 is 6.05. The van der Waals surface area contributed by atoms with E-state index in [9.17, 15) is 13.6 Å². The molecule has 0 atom stereocenters. The summed E-state index contributed by atoms with van der Waals surface area (Å²) in [6.07, 6.45) is 0. The molecule has 0 unspecified atom stereocenters. The minimum absolute atomic E-state index is 0.0213. The molecule has 0 saturated heterocycles. The standard InChI is InChI=1S/C19H15ClF2N2O4/c1-10-13(9-27-17-5-3-11(21)7-15(17)22)18(24-28-10)19(25)23-12-4-6-16(26-2)14(20)8-12/h3-8H,9H2,1-2H3,(H,23,25). The molecule has 9 heteroatoms. The van der Waals surface area contributed by atoms with Crippen LogP contribution in [0, 0.1) is 18.6 Å². The van der Waals surface area contributed by atoms with Crippen LogP contribution in [0.4, 0.5) is 14.5 Å². The van der Waals surface area contributed by atoms with Gasteiger partial charge in [0, 0.05) is 11.8 Å². The fourth-order valence-corrected chi connectivity index (χ4v) is 2.67. The Kier molecular flexibility index (Phi) is 5.79. The summed E-state index contributed by atoms with van der Waals surface area (Å²) in [6, 6.07) is 7.67. The monoisotopic (exact) mass is 408 g/mol. The van der Waals surface area contributed by atoms with Gasteiger partial charge in [-0.15, -0.1) is 0 Å². The lowest BCUT2D eigenvalue weighted by Gasteiger charge is -2.09. The van der Waals surface area contributed by atoms with Crippen molar-refractivity contribution in [2.45, 2.75) is 13.5 Å². The van der Waals surface area contributed by atoms with Gasteiger partial charge in [-0.05, 0) is 37.3 Å². The minimum atomic E-state index is -0.854. The van der Waals surface area contributed by atoms with Gasteiger partial charge in [0.15, 0.2) is 17.3 Å². The number of rotatable bonds is 6. The summed E-state index contributed by atoms with van der Waals surface area (Å²) in [4.78, 5) is 12.5. The number of halogens is 3. The molecule has 3 aromatic rings. The molecule has 28 heavy (non-hydrogen) atoms. The fourth-order valence-electron chi connectivity index (χ4n) is 2.42. The first-order valence-electron chi connectivity index (χ1n) is 8.07. The minimum Gasteiger partial charge on any atom is -0.495 e. The summed E-state index contributed by atoms with van der Waals surface area (Å²) in [5, 5.41) is 6.70. The zero-order chi connectivity index (χ0) is 20.3. The summed E-state index contributed by atoms with van der Waals surface area (Å²) in [6.45, 7) is 1.40. The Balaban J connectivity index is 1.76. The highest BCUT2D eigenvalue weighted by molar-refractivity contribution is 6.32. The van der Waals surface area contributed by atoms with Gasteiger partial charge in [0.25, 0.3) is 5.91 Å². The number of benzene rings is 2. The van der Waals surface area contributed by atoms with Crippen LogP contribution in [0.15, 0.2) is 40.9 Å². The highest BCUT2D eigenvalue weighted by atomic mass is 35.5. The zero-order valence-electron chi connectivity index (χ0n) is 14.9. The number of hydrogen-bond acceptors (Lipinski definition) is 5. The molecule has 0 radical (unpaired) electrons. The number of amides is 1. The zero-order valence-corrected chi connectivity index (χ0v) is 15.6. The summed E-state index contributed by atoms with van der Waals surface area (Å²) < 4.78 is 42.2. The van der Waals surface area contributed by atoms with Crippen LogP contribution in [-0.4, -0.2) is 18.2 Å². The molecule has 0 fully saturated rings. The van der Waals surface area contributed by atoms with E-state index in [-0.39, 0.29) is 18.1 Å². The Morgan fingerprint density at radius 2 is 1.96 bits per heavy atom. The topological polar surface area (TPSA) is 73.6 Å². The van der Waals surface area contributed by atoms with Gasteiger partial charge in [-0.1, -0.05) is 16.8 Å². The first-order chi connectivity index (χ1) is 13.4. The molecule has 2 aromatic carbocycles. The molecule has 1 N–H and O–H groups in total. The average molecular weight is 409 g/mol. The SMILES string of the molecule is COc1ccc(NC(=O)c2noc(C)c2COc2ccc(F)cc2F)cc1Cl. The highest BCUT2D eigenvalue weighted by Gasteiger charge is 2.21. The molecule has 1 amide bonds. The molecule has 3 rings (SSSR count). The van der Waals surface area contributed by atoms with Crippen LogP contribution in [0.3, 0.4) is 0 Å². The molecule has 0 aliphatic heterocycles. The molecule has 0 spiro atoms. The number of aromatic nitrogens is 1. The van der Waals surface area contributed by atoms with Gasteiger partial charge < -0.3 is 19.3 Å². The second kappa shape index (κ2) is 8.26. The maximum Gasteiger partial charge on any atom is 0.278 e. The van der Waals surface area contributed by atoms with Crippen molar-refractivity contribution in [2.24, 2.45) is 0 Å². The molecule has 0 aliphatic carbocycles. The van der Waals surface area contributed by atoms with Crippen LogP contribution in [0.1, 0.15) is 21.8 Å². The average Bonchev–Trinajstić information content (AvgIpc) is 3.02. The summed E-state index contributed by atoms with van der Waals surface area (Å²) in [7, 11) is 1.48. The molecular weight excluding hydrogens is 394 g/mol. The second-order valence-electron chi connectivity index (χ2n) is 5.73. The van der Waals surface area contributed by atoms with E-state index >= 15 is 0 Å². The Morgan fingerprint density at radius 3 is 2.64 bits per heavy atom. The normalized spacial score (nSPS) is 10.6. The van der Waals surface area contributed by atoms with Crippen molar-refractivity contribution in [3.05, 3.63) is 70.1 Å². The molecule has 0 aliphatic rings. The number of methoxy groups -OCH3 is 1. The smallest absolute Gasteiger partial charge is 0.278 e. The van der Waals surface area contributed by atoms with Crippen LogP contribution in [0.5, 0.6) is 11.5 Å². The Labute approximate surface area is 164 Å². The molecule has 6 nitrogen and oxygen atoms in total. The Morgan fingerprint density at radius 1 is 1.21 bits per heavy atom. The lowest BCUT2D eigenvalue weighted by molar-refractivity contribution is 0.101. The Hall–Kier alpha value is -3.13.